The molecule has 3 aromatic rings. The fourth-order valence-corrected chi connectivity index (χ4v) is 4.95. The first-order valence-corrected chi connectivity index (χ1v) is 11.1. The lowest BCUT2D eigenvalue weighted by molar-refractivity contribution is -1.92. The largest absolute Gasteiger partial charge is 0.289 e. The van der Waals surface area contributed by atoms with E-state index in [9.17, 15) is 14.0 Å². The monoisotopic (exact) mass is 424 g/mol. The zero-order chi connectivity index (χ0) is 20.3. The highest BCUT2D eigenvalue weighted by molar-refractivity contribution is 8.03. The molecule has 0 saturated carbocycles. The molecule has 1 unspecified atom stereocenters. The normalized spacial score (nSPS) is 17.2. The van der Waals surface area contributed by atoms with Gasteiger partial charge in [0.15, 0.2) is 0 Å². The minimum absolute atomic E-state index is 0.648. The summed E-state index contributed by atoms with van der Waals surface area (Å²) < 4.78 is 39.2. The highest BCUT2D eigenvalue weighted by atomic mass is 35.7. The van der Waals surface area contributed by atoms with Crippen molar-refractivity contribution >= 4 is 28.5 Å². The van der Waals surface area contributed by atoms with E-state index in [1.807, 2.05) is 96.4 Å². The van der Waals surface area contributed by atoms with Crippen LogP contribution >= 0.6 is 11.8 Å². The smallest absolute Gasteiger partial charge is 0.183 e. The maximum absolute atomic E-state index is 11.4. The first-order valence-electron chi connectivity index (χ1n) is 8.88. The molecule has 1 atom stereocenters. The van der Waals surface area contributed by atoms with Gasteiger partial charge in [0.05, 0.1) is 14.5 Å². The van der Waals surface area contributed by atoms with Gasteiger partial charge in [-0.05, 0) is 33.2 Å². The van der Waals surface area contributed by atoms with Gasteiger partial charge in [-0.25, -0.2) is 0 Å². The van der Waals surface area contributed by atoms with Crippen LogP contribution in [0.3, 0.4) is 0 Å². The summed E-state index contributed by atoms with van der Waals surface area (Å²) in [7, 11) is -4.59. The van der Waals surface area contributed by atoms with Crippen molar-refractivity contribution in [2.75, 3.05) is 0 Å². The van der Waals surface area contributed by atoms with Crippen molar-refractivity contribution in [3.05, 3.63) is 113 Å². The Morgan fingerprint density at radius 2 is 1.14 bits per heavy atom. The number of thioether (sulfide) groups is 1. The predicted molar refractivity (Wildman–Crippen MR) is 107 cm³/mol. The second kappa shape index (κ2) is 8.55. The lowest BCUT2D eigenvalue weighted by Gasteiger charge is -2.27. The second-order valence-corrected chi connectivity index (χ2v) is 8.22. The van der Waals surface area contributed by atoms with Crippen molar-refractivity contribution in [1.82, 2.24) is 0 Å². The molecule has 1 aliphatic heterocycles. The molecule has 0 saturated heterocycles. The second-order valence-electron chi connectivity index (χ2n) is 6.35. The first-order chi connectivity index (χ1) is 14.0. The maximum atomic E-state index is 11.4. The highest BCUT2D eigenvalue weighted by Gasteiger charge is 2.38. The van der Waals surface area contributed by atoms with E-state index in [1.54, 1.807) is 0 Å². The number of hydrogen-bond donors (Lipinski definition) is 0. The Kier molecular flexibility index (Phi) is 5.87. The minimum Gasteiger partial charge on any atom is -0.183 e. The third-order valence-corrected chi connectivity index (χ3v) is 5.96. The van der Waals surface area contributed by atoms with E-state index in [0.717, 1.165) is 27.8 Å². The van der Waals surface area contributed by atoms with E-state index in [-0.39, 0.29) is 0 Å². The topological polar surface area (TPSA) is 78.4 Å². The van der Waals surface area contributed by atoms with E-state index in [0.29, 0.717) is 5.57 Å². The van der Waals surface area contributed by atoms with Gasteiger partial charge in [-0.15, -0.1) is 0 Å². The summed E-state index contributed by atoms with van der Waals surface area (Å²) in [6.45, 7) is 0. The molecule has 0 N–H and O–H groups in total. The molecule has 0 aromatic heterocycles. The number of hydrogen-bond acceptors (Lipinski definition) is 5. The van der Waals surface area contributed by atoms with Crippen LogP contribution in [-0.2, 0) is 4.29 Å². The standard InChI is InChI=1S/C23H17ClO4S/c25-24(26,27)28-23-22(19-14-8-3-9-15-19)21(18-12-6-2-7-13-18)20(16-29-23)17-10-4-1-5-11-17/h1-16,23H. The number of benzene rings is 3. The van der Waals surface area contributed by atoms with Crippen LogP contribution in [0.5, 0.6) is 0 Å². The molecule has 3 aromatic carbocycles. The Hall–Kier alpha value is -2.38. The molecule has 0 bridgehead atoms. The summed E-state index contributed by atoms with van der Waals surface area (Å²) >= 11 is 1.17. The van der Waals surface area contributed by atoms with Crippen molar-refractivity contribution in [2.45, 2.75) is 5.44 Å². The van der Waals surface area contributed by atoms with Crippen molar-refractivity contribution in [2.24, 2.45) is 0 Å². The Balaban J connectivity index is 1.98. The van der Waals surface area contributed by atoms with Crippen LogP contribution < -0.4 is 14.0 Å². The summed E-state index contributed by atoms with van der Waals surface area (Å²) in [6, 6.07) is 29.0. The van der Waals surface area contributed by atoms with Gasteiger partial charge in [-0.1, -0.05) is 103 Å². The molecule has 4 nitrogen and oxygen atoms in total. The molecular weight excluding hydrogens is 408 g/mol. The van der Waals surface area contributed by atoms with Crippen LogP contribution in [0.2, 0.25) is 0 Å². The first kappa shape index (κ1) is 19.9. The van der Waals surface area contributed by atoms with Gasteiger partial charge in [0.1, 0.15) is 0 Å². The third-order valence-electron chi connectivity index (χ3n) is 4.51. The van der Waals surface area contributed by atoms with Crippen molar-refractivity contribution in [3.63, 3.8) is 0 Å². The average molecular weight is 425 g/mol. The third kappa shape index (κ3) is 4.62. The SMILES string of the molecule is [O-][Cl+3]([O-])([O-])OC1SC=C(c2ccccc2)C(c2ccccc2)=C1c1ccccc1. The Morgan fingerprint density at radius 1 is 0.655 bits per heavy atom. The molecule has 0 aliphatic carbocycles. The summed E-state index contributed by atoms with van der Waals surface area (Å²) in [5, 5.41) is 1.86. The molecule has 0 fully saturated rings. The van der Waals surface area contributed by atoms with Crippen LogP contribution in [0, 0.1) is 10.2 Å². The molecule has 1 heterocycles. The Bertz CT molecular complexity index is 1030. The average Bonchev–Trinajstić information content (AvgIpc) is 2.74. The molecule has 4 rings (SSSR count). The predicted octanol–water partition coefficient (Wildman–Crippen LogP) is 2.63. The fourth-order valence-electron chi connectivity index (χ4n) is 3.33. The quantitative estimate of drug-likeness (QED) is 0.629. The molecule has 0 radical (unpaired) electrons. The molecular formula is C23H17ClO4S. The van der Waals surface area contributed by atoms with Gasteiger partial charge in [-0.3, -0.25) is 0 Å². The van der Waals surface area contributed by atoms with E-state index < -0.39 is 15.7 Å². The summed E-state index contributed by atoms with van der Waals surface area (Å²) in [5.41, 5.74) is 4.15. The summed E-state index contributed by atoms with van der Waals surface area (Å²) in [5.74, 6) is 0. The lowest BCUT2D eigenvalue weighted by atomic mass is 9.87. The van der Waals surface area contributed by atoms with E-state index in [1.165, 1.54) is 11.8 Å². The summed E-state index contributed by atoms with van der Waals surface area (Å²) in [4.78, 5) is 0. The molecule has 6 heteroatoms. The maximum Gasteiger partial charge on any atom is 0.289 e. The van der Waals surface area contributed by atoms with E-state index in [2.05, 4.69) is 0 Å². The van der Waals surface area contributed by atoms with E-state index in [4.69, 9.17) is 4.29 Å². The van der Waals surface area contributed by atoms with Crippen molar-refractivity contribution in [3.8, 4) is 0 Å². The van der Waals surface area contributed by atoms with Gasteiger partial charge in [-0.2, -0.15) is 14.0 Å². The van der Waals surface area contributed by atoms with Gasteiger partial charge in [0.2, 0.25) is 0 Å². The van der Waals surface area contributed by atoms with E-state index >= 15 is 0 Å². The van der Waals surface area contributed by atoms with Gasteiger partial charge < -0.3 is 0 Å². The zero-order valence-corrected chi connectivity index (χ0v) is 16.8. The minimum atomic E-state index is -4.59. The molecule has 0 amide bonds. The van der Waals surface area contributed by atoms with Crippen LogP contribution in [0.25, 0.3) is 16.7 Å². The van der Waals surface area contributed by atoms with Gasteiger partial charge in [0, 0.05) is 5.57 Å². The highest BCUT2D eigenvalue weighted by Crippen LogP contribution is 2.48. The van der Waals surface area contributed by atoms with Gasteiger partial charge >= 0.3 is 0 Å². The zero-order valence-electron chi connectivity index (χ0n) is 15.2. The molecule has 0 spiro atoms. The van der Waals surface area contributed by atoms with Crippen LogP contribution in [0.15, 0.2) is 96.4 Å². The Morgan fingerprint density at radius 3 is 1.66 bits per heavy atom. The lowest BCUT2D eigenvalue weighted by Crippen LogP contribution is -2.62. The number of halogens is 1. The van der Waals surface area contributed by atoms with Crippen molar-refractivity contribution < 1.29 is 28.5 Å². The molecule has 29 heavy (non-hydrogen) atoms. The molecule has 146 valence electrons. The Labute approximate surface area is 175 Å². The van der Waals surface area contributed by atoms with Gasteiger partial charge in [0.25, 0.3) is 5.44 Å². The summed E-state index contributed by atoms with van der Waals surface area (Å²) in [6.07, 6.45) is 0. The van der Waals surface area contributed by atoms with Crippen LogP contribution in [0.4, 0.5) is 0 Å². The van der Waals surface area contributed by atoms with Crippen LogP contribution in [-0.4, -0.2) is 5.44 Å². The fraction of sp³-hybridized carbons (Fsp3) is 0.0435. The van der Waals surface area contributed by atoms with Crippen LogP contribution in [0.1, 0.15) is 16.7 Å². The van der Waals surface area contributed by atoms with Crippen molar-refractivity contribution in [1.29, 1.82) is 0 Å². The number of rotatable bonds is 5. The number of allylic oxidation sites excluding steroid dienone is 2. The molecule has 1 aliphatic rings.